The zero-order valence-corrected chi connectivity index (χ0v) is 23.8. The van der Waals surface area contributed by atoms with Crippen molar-refractivity contribution in [2.75, 3.05) is 69.0 Å². The Bertz CT molecular complexity index is 1510. The first-order valence-electron chi connectivity index (χ1n) is 13.9. The van der Waals surface area contributed by atoms with Gasteiger partial charge in [-0.1, -0.05) is 24.3 Å². The van der Waals surface area contributed by atoms with Crippen LogP contribution in [0.1, 0.15) is 27.0 Å². The van der Waals surface area contributed by atoms with Crippen LogP contribution in [0.25, 0.3) is 11.3 Å². The number of carbonyl (C=O) groups excluding carboxylic acids is 2. The van der Waals surface area contributed by atoms with Gasteiger partial charge in [-0.2, -0.15) is 0 Å². The van der Waals surface area contributed by atoms with Crippen LogP contribution in [0, 0.1) is 0 Å². The van der Waals surface area contributed by atoms with Gasteiger partial charge in [0.1, 0.15) is 0 Å². The summed E-state index contributed by atoms with van der Waals surface area (Å²) in [6, 6.07) is 19.4. The third-order valence-corrected chi connectivity index (χ3v) is 7.76. The summed E-state index contributed by atoms with van der Waals surface area (Å²) >= 11 is 0. The number of piperazine rings is 1. The quantitative estimate of drug-likeness (QED) is 0.290. The molecule has 10 nitrogen and oxygen atoms in total. The zero-order valence-electron chi connectivity index (χ0n) is 23.8. The predicted molar refractivity (Wildman–Crippen MR) is 163 cm³/mol. The fourth-order valence-corrected chi connectivity index (χ4v) is 5.15. The van der Waals surface area contributed by atoms with Crippen molar-refractivity contribution < 1.29 is 24.6 Å². The lowest BCUT2D eigenvalue weighted by Gasteiger charge is -2.32. The van der Waals surface area contributed by atoms with Crippen molar-refractivity contribution in [1.82, 2.24) is 9.80 Å². The molecule has 3 aromatic rings. The molecule has 1 fully saturated rings. The number of hydrogen-bond acceptors (Lipinski definition) is 7. The number of benzene rings is 3. The molecule has 0 radical (unpaired) electrons. The van der Waals surface area contributed by atoms with Crippen molar-refractivity contribution in [1.29, 1.82) is 0 Å². The molecule has 0 aliphatic carbocycles. The Kier molecular flexibility index (Phi) is 8.67. The Labute approximate surface area is 244 Å². The number of amides is 2. The molecule has 218 valence electrons. The SMILES string of the molecule is CN1CCN(CC(=O)N(C)c2ccc(N/C(=C3\C(=O)Nc4ccc(C(=O)O)cc43)c3ccc(CCO)cc3)cc2)CC1. The number of carboxylic acids is 1. The summed E-state index contributed by atoms with van der Waals surface area (Å²) in [5, 5.41) is 25.1. The number of fused-ring (bicyclic) bond motifs is 1. The van der Waals surface area contributed by atoms with Crippen LogP contribution in [0.3, 0.4) is 0 Å². The highest BCUT2D eigenvalue weighted by atomic mass is 16.4. The number of carboxylic acid groups (broad SMARTS) is 1. The van der Waals surface area contributed by atoms with E-state index in [1.807, 2.05) is 48.5 Å². The molecule has 3 aromatic carbocycles. The van der Waals surface area contributed by atoms with Crippen LogP contribution in [0.15, 0.2) is 66.7 Å². The van der Waals surface area contributed by atoms with Gasteiger partial charge >= 0.3 is 5.97 Å². The van der Waals surface area contributed by atoms with E-state index < -0.39 is 5.97 Å². The third kappa shape index (κ3) is 6.36. The molecule has 2 aliphatic heterocycles. The standard InChI is InChI=1S/C32H35N5O5/c1-35-14-16-37(17-15-35)20-28(39)36(2)25-10-8-24(9-11-25)33-30(22-5-3-21(4-6-22)13-18-38)29-26-19-23(32(41)42)7-12-27(26)34-31(29)40/h3-12,19,33,38H,13-18,20H2,1-2H3,(H,34,40)(H,41,42)/b30-29-. The van der Waals surface area contributed by atoms with Crippen molar-refractivity contribution in [3.8, 4) is 0 Å². The average molecular weight is 570 g/mol. The number of aromatic carboxylic acids is 1. The monoisotopic (exact) mass is 569 g/mol. The van der Waals surface area contributed by atoms with Crippen LogP contribution in [0.2, 0.25) is 0 Å². The number of likely N-dealkylation sites (N-methyl/N-ethyl adjacent to an activating group) is 2. The highest BCUT2D eigenvalue weighted by Gasteiger charge is 2.29. The Morgan fingerprint density at radius 2 is 1.62 bits per heavy atom. The summed E-state index contributed by atoms with van der Waals surface area (Å²) in [5.74, 6) is -1.42. The fraction of sp³-hybridized carbons (Fsp3) is 0.281. The number of hydrogen-bond donors (Lipinski definition) is 4. The van der Waals surface area contributed by atoms with E-state index in [4.69, 9.17) is 0 Å². The fourth-order valence-electron chi connectivity index (χ4n) is 5.15. The largest absolute Gasteiger partial charge is 0.478 e. The minimum absolute atomic E-state index is 0.0134. The first kappa shape index (κ1) is 29.0. The van der Waals surface area contributed by atoms with Gasteiger partial charge in [0.05, 0.1) is 23.4 Å². The lowest BCUT2D eigenvalue weighted by atomic mass is 9.97. The van der Waals surface area contributed by atoms with Gasteiger partial charge in [0.2, 0.25) is 5.91 Å². The van der Waals surface area contributed by atoms with Gasteiger partial charge in [-0.15, -0.1) is 0 Å². The number of rotatable bonds is 9. The Morgan fingerprint density at radius 3 is 2.26 bits per heavy atom. The molecule has 1 saturated heterocycles. The normalized spacial score (nSPS) is 16.5. The highest BCUT2D eigenvalue weighted by Crippen LogP contribution is 2.38. The van der Waals surface area contributed by atoms with E-state index in [1.165, 1.54) is 12.1 Å². The molecule has 0 unspecified atom stereocenters. The van der Waals surface area contributed by atoms with Crippen molar-refractivity contribution in [2.24, 2.45) is 0 Å². The molecule has 0 bridgehead atoms. The van der Waals surface area contributed by atoms with Gasteiger partial charge in [0, 0.05) is 62.5 Å². The van der Waals surface area contributed by atoms with Crippen LogP contribution in [-0.4, -0.2) is 91.2 Å². The van der Waals surface area contributed by atoms with Gasteiger partial charge in [-0.05, 0) is 67.1 Å². The Balaban J connectivity index is 1.44. The number of aliphatic hydroxyl groups is 1. The lowest BCUT2D eigenvalue weighted by Crippen LogP contribution is -2.48. The smallest absolute Gasteiger partial charge is 0.335 e. The van der Waals surface area contributed by atoms with Crippen molar-refractivity contribution in [3.63, 3.8) is 0 Å². The molecule has 10 heteroatoms. The highest BCUT2D eigenvalue weighted by molar-refractivity contribution is 6.37. The predicted octanol–water partition coefficient (Wildman–Crippen LogP) is 3.06. The Hall–Kier alpha value is -4.51. The van der Waals surface area contributed by atoms with Crippen molar-refractivity contribution in [3.05, 3.63) is 89.0 Å². The molecule has 0 spiro atoms. The summed E-state index contributed by atoms with van der Waals surface area (Å²) in [6.07, 6.45) is 0.507. The van der Waals surface area contributed by atoms with Gasteiger partial charge in [-0.3, -0.25) is 14.5 Å². The molecule has 0 saturated carbocycles. The van der Waals surface area contributed by atoms with Gasteiger partial charge < -0.3 is 30.6 Å². The molecular formula is C32H35N5O5. The lowest BCUT2D eigenvalue weighted by molar-refractivity contribution is -0.119. The Morgan fingerprint density at radius 1 is 0.952 bits per heavy atom. The number of nitrogens with zero attached hydrogens (tertiary/aromatic N) is 3. The number of aliphatic hydroxyl groups excluding tert-OH is 1. The molecule has 2 amide bonds. The van der Waals surface area contributed by atoms with Crippen LogP contribution in [0.4, 0.5) is 17.1 Å². The van der Waals surface area contributed by atoms with Gasteiger partial charge in [0.15, 0.2) is 0 Å². The van der Waals surface area contributed by atoms with E-state index in [-0.39, 0.29) is 24.0 Å². The molecule has 2 heterocycles. The van der Waals surface area contributed by atoms with Crippen molar-refractivity contribution >= 4 is 46.1 Å². The van der Waals surface area contributed by atoms with E-state index in [0.717, 1.165) is 43.0 Å². The molecule has 0 aromatic heterocycles. The molecule has 0 atom stereocenters. The summed E-state index contributed by atoms with van der Waals surface area (Å²) in [7, 11) is 3.85. The molecule has 5 rings (SSSR count). The molecule has 42 heavy (non-hydrogen) atoms. The van der Waals surface area contributed by atoms with Crippen LogP contribution in [0.5, 0.6) is 0 Å². The maximum atomic E-state index is 13.2. The maximum absolute atomic E-state index is 13.2. The van der Waals surface area contributed by atoms with Gasteiger partial charge in [0.25, 0.3) is 5.91 Å². The van der Waals surface area contributed by atoms with E-state index >= 15 is 0 Å². The van der Waals surface area contributed by atoms with E-state index in [2.05, 4.69) is 27.5 Å². The van der Waals surface area contributed by atoms with E-state index in [9.17, 15) is 24.6 Å². The topological polar surface area (TPSA) is 125 Å². The molecule has 4 N–H and O–H groups in total. The first-order valence-corrected chi connectivity index (χ1v) is 13.9. The molecular weight excluding hydrogens is 534 g/mol. The maximum Gasteiger partial charge on any atom is 0.335 e. The first-order chi connectivity index (χ1) is 20.2. The van der Waals surface area contributed by atoms with Crippen molar-refractivity contribution in [2.45, 2.75) is 6.42 Å². The number of anilines is 3. The summed E-state index contributed by atoms with van der Waals surface area (Å²) in [5.41, 5.74) is 5.05. The minimum Gasteiger partial charge on any atom is -0.478 e. The average Bonchev–Trinajstić information content (AvgIpc) is 3.32. The zero-order chi connectivity index (χ0) is 29.8. The minimum atomic E-state index is -1.08. The van der Waals surface area contributed by atoms with Gasteiger partial charge in [-0.25, -0.2) is 4.79 Å². The summed E-state index contributed by atoms with van der Waals surface area (Å²) < 4.78 is 0. The summed E-state index contributed by atoms with van der Waals surface area (Å²) in [6.45, 7) is 4.00. The second-order valence-electron chi connectivity index (χ2n) is 10.6. The van der Waals surface area contributed by atoms with Crippen LogP contribution in [-0.2, 0) is 16.0 Å². The number of carbonyl (C=O) groups is 3. The van der Waals surface area contributed by atoms with E-state index in [1.54, 1.807) is 18.0 Å². The molecule has 2 aliphatic rings. The van der Waals surface area contributed by atoms with Crippen LogP contribution < -0.4 is 15.5 Å². The number of nitrogens with one attached hydrogen (secondary N) is 2. The third-order valence-electron chi connectivity index (χ3n) is 7.76. The van der Waals surface area contributed by atoms with E-state index in [0.29, 0.717) is 41.2 Å². The second-order valence-corrected chi connectivity index (χ2v) is 10.6. The summed E-state index contributed by atoms with van der Waals surface area (Å²) in [4.78, 5) is 44.0. The van der Waals surface area contributed by atoms with Crippen LogP contribution >= 0.6 is 0 Å². The second kappa shape index (κ2) is 12.6.